The number of anilines is 1. The van der Waals surface area contributed by atoms with Gasteiger partial charge in [0.15, 0.2) is 18.1 Å². The second-order valence-corrected chi connectivity index (χ2v) is 9.91. The highest BCUT2D eigenvalue weighted by Crippen LogP contribution is 2.32. The molecule has 0 radical (unpaired) electrons. The van der Waals surface area contributed by atoms with Crippen molar-refractivity contribution in [3.05, 3.63) is 42.5 Å². The SMILES string of the molecule is CNc1ncnc2c1ncn2[C@@H]1CC[C@@H](NC(=O)c2cccc(OCC(=O)OC(C)(C)C)c2)[C@@H](O)[C@@H]1O. The first kappa shape index (κ1) is 26.3. The number of amides is 1. The summed E-state index contributed by atoms with van der Waals surface area (Å²) >= 11 is 0. The van der Waals surface area contributed by atoms with Gasteiger partial charge < -0.3 is 34.9 Å². The maximum Gasteiger partial charge on any atom is 0.344 e. The molecule has 4 N–H and O–H groups in total. The Kier molecular flexibility index (Phi) is 7.60. The summed E-state index contributed by atoms with van der Waals surface area (Å²) in [4.78, 5) is 37.6. The molecule has 2 aromatic heterocycles. The fourth-order valence-corrected chi connectivity index (χ4v) is 4.39. The lowest BCUT2D eigenvalue weighted by molar-refractivity contribution is -0.157. The van der Waals surface area contributed by atoms with E-state index in [0.29, 0.717) is 41.1 Å². The van der Waals surface area contributed by atoms with Crippen LogP contribution in [0.15, 0.2) is 36.9 Å². The lowest BCUT2D eigenvalue weighted by Crippen LogP contribution is -2.54. The van der Waals surface area contributed by atoms with Gasteiger partial charge in [0.1, 0.15) is 35.4 Å². The predicted octanol–water partition coefficient (Wildman–Crippen LogP) is 1.44. The van der Waals surface area contributed by atoms with Gasteiger partial charge in [-0.1, -0.05) is 6.07 Å². The van der Waals surface area contributed by atoms with Gasteiger partial charge in [-0.25, -0.2) is 19.7 Å². The summed E-state index contributed by atoms with van der Waals surface area (Å²) in [7, 11) is 1.73. The Balaban J connectivity index is 1.39. The van der Waals surface area contributed by atoms with Gasteiger partial charge in [-0.05, 0) is 51.8 Å². The smallest absolute Gasteiger partial charge is 0.344 e. The summed E-state index contributed by atoms with van der Waals surface area (Å²) in [6.45, 7) is 5.00. The molecular weight excluding hydrogens is 480 g/mol. The fourth-order valence-electron chi connectivity index (χ4n) is 4.39. The average Bonchev–Trinajstić information content (AvgIpc) is 3.29. The maximum absolute atomic E-state index is 12.9. The number of imidazole rings is 1. The molecule has 0 unspecified atom stereocenters. The highest BCUT2D eigenvalue weighted by atomic mass is 16.6. The topological polar surface area (TPSA) is 161 Å². The highest BCUT2D eigenvalue weighted by molar-refractivity contribution is 5.94. The average molecular weight is 513 g/mol. The van der Waals surface area contributed by atoms with Gasteiger partial charge in [-0.3, -0.25) is 4.79 Å². The summed E-state index contributed by atoms with van der Waals surface area (Å²) in [6.07, 6.45) is 1.51. The van der Waals surface area contributed by atoms with Crippen molar-refractivity contribution in [2.45, 2.75) is 63.5 Å². The Hall–Kier alpha value is -3.77. The molecule has 12 heteroatoms. The number of aliphatic hydroxyl groups is 2. The van der Waals surface area contributed by atoms with Crippen molar-refractivity contribution >= 4 is 28.9 Å². The summed E-state index contributed by atoms with van der Waals surface area (Å²) in [5.74, 6) is -0.0535. The third-order valence-corrected chi connectivity index (χ3v) is 6.07. The van der Waals surface area contributed by atoms with Gasteiger partial charge in [0.2, 0.25) is 0 Å². The van der Waals surface area contributed by atoms with E-state index in [1.807, 2.05) is 0 Å². The van der Waals surface area contributed by atoms with Gasteiger partial charge in [-0.2, -0.15) is 0 Å². The molecule has 4 atom stereocenters. The normalized spacial score (nSPS) is 21.9. The summed E-state index contributed by atoms with van der Waals surface area (Å²) < 4.78 is 12.4. The van der Waals surface area contributed by atoms with E-state index in [1.54, 1.807) is 56.9 Å². The standard InChI is InChI=1S/C25H32N6O6/c1-25(2,3)37-18(32)11-36-15-7-5-6-14(10-15)24(35)30-16-8-9-17(21(34)20(16)33)31-13-29-19-22(26-4)27-12-28-23(19)31/h5-7,10,12-13,16-17,20-21,33-34H,8-9,11H2,1-4H3,(H,30,35)(H,26,27,28)/t16-,17-,20-,21-/m1/s1. The molecule has 2 heterocycles. The predicted molar refractivity (Wildman–Crippen MR) is 134 cm³/mol. The Morgan fingerprint density at radius 3 is 2.65 bits per heavy atom. The van der Waals surface area contributed by atoms with Crippen molar-refractivity contribution in [2.24, 2.45) is 0 Å². The lowest BCUT2D eigenvalue weighted by Gasteiger charge is -2.38. The van der Waals surface area contributed by atoms with Gasteiger partial charge >= 0.3 is 5.97 Å². The van der Waals surface area contributed by atoms with Gasteiger partial charge in [0.25, 0.3) is 5.91 Å². The van der Waals surface area contributed by atoms with Crippen molar-refractivity contribution in [2.75, 3.05) is 19.0 Å². The van der Waals surface area contributed by atoms with E-state index in [4.69, 9.17) is 9.47 Å². The number of fused-ring (bicyclic) bond motifs is 1. The number of ether oxygens (including phenoxy) is 2. The highest BCUT2D eigenvalue weighted by Gasteiger charge is 2.40. The number of hydrogen-bond acceptors (Lipinski definition) is 10. The van der Waals surface area contributed by atoms with Crippen LogP contribution in [0.4, 0.5) is 5.82 Å². The Morgan fingerprint density at radius 1 is 1.14 bits per heavy atom. The van der Waals surface area contributed by atoms with E-state index in [0.717, 1.165) is 0 Å². The Bertz CT molecular complexity index is 1270. The van der Waals surface area contributed by atoms with Crippen LogP contribution in [0.1, 0.15) is 50.0 Å². The molecule has 1 saturated carbocycles. The van der Waals surface area contributed by atoms with Crippen molar-refractivity contribution in [1.82, 2.24) is 24.8 Å². The number of carbonyl (C=O) groups excluding carboxylic acids is 2. The number of nitrogens with zero attached hydrogens (tertiary/aromatic N) is 4. The van der Waals surface area contributed by atoms with Crippen LogP contribution in [0.3, 0.4) is 0 Å². The van der Waals surface area contributed by atoms with Crippen LogP contribution in [-0.4, -0.2) is 79.1 Å². The van der Waals surface area contributed by atoms with Crippen LogP contribution in [0.5, 0.6) is 5.75 Å². The molecule has 12 nitrogen and oxygen atoms in total. The van der Waals surface area contributed by atoms with E-state index < -0.39 is 41.8 Å². The summed E-state index contributed by atoms with van der Waals surface area (Å²) in [5.41, 5.74) is 0.778. The molecule has 1 aliphatic rings. The van der Waals surface area contributed by atoms with Crippen molar-refractivity contribution in [3.8, 4) is 5.75 Å². The molecule has 0 aliphatic heterocycles. The zero-order valence-corrected chi connectivity index (χ0v) is 21.2. The Labute approximate surface area is 214 Å². The van der Waals surface area contributed by atoms with Crippen LogP contribution in [-0.2, 0) is 9.53 Å². The van der Waals surface area contributed by atoms with Crippen LogP contribution >= 0.6 is 0 Å². The number of carbonyl (C=O) groups is 2. The van der Waals surface area contributed by atoms with E-state index in [1.165, 1.54) is 12.4 Å². The molecule has 1 amide bonds. The number of esters is 1. The number of hydrogen-bond donors (Lipinski definition) is 4. The molecule has 198 valence electrons. The number of benzene rings is 1. The minimum absolute atomic E-state index is 0.291. The molecule has 0 saturated heterocycles. The molecular formula is C25H32N6O6. The lowest BCUT2D eigenvalue weighted by atomic mass is 9.85. The minimum atomic E-state index is -1.21. The van der Waals surface area contributed by atoms with Crippen molar-refractivity contribution in [3.63, 3.8) is 0 Å². The molecule has 3 aromatic rings. The van der Waals surface area contributed by atoms with Crippen LogP contribution < -0.4 is 15.4 Å². The maximum atomic E-state index is 12.9. The zero-order valence-electron chi connectivity index (χ0n) is 21.2. The number of aromatic nitrogens is 4. The van der Waals surface area contributed by atoms with E-state index in [2.05, 4.69) is 25.6 Å². The van der Waals surface area contributed by atoms with Crippen LogP contribution in [0.2, 0.25) is 0 Å². The van der Waals surface area contributed by atoms with Gasteiger partial charge in [-0.15, -0.1) is 0 Å². The molecule has 37 heavy (non-hydrogen) atoms. The quantitative estimate of drug-likeness (QED) is 0.341. The monoisotopic (exact) mass is 512 g/mol. The van der Waals surface area contributed by atoms with Crippen LogP contribution in [0, 0.1) is 0 Å². The fraction of sp³-hybridized carbons (Fsp3) is 0.480. The second-order valence-electron chi connectivity index (χ2n) is 9.91. The largest absolute Gasteiger partial charge is 0.482 e. The van der Waals surface area contributed by atoms with E-state index in [9.17, 15) is 19.8 Å². The number of aliphatic hydroxyl groups excluding tert-OH is 2. The molecule has 1 aromatic carbocycles. The number of rotatable bonds is 7. The van der Waals surface area contributed by atoms with E-state index in [-0.39, 0.29) is 6.61 Å². The molecule has 1 aliphatic carbocycles. The first-order valence-electron chi connectivity index (χ1n) is 12.0. The first-order chi connectivity index (χ1) is 17.6. The van der Waals surface area contributed by atoms with Gasteiger partial charge in [0, 0.05) is 12.6 Å². The molecule has 0 bridgehead atoms. The zero-order chi connectivity index (χ0) is 26.7. The summed E-state index contributed by atoms with van der Waals surface area (Å²) in [6, 6.07) is 5.22. The van der Waals surface area contributed by atoms with Crippen molar-refractivity contribution in [1.29, 1.82) is 0 Å². The number of nitrogens with one attached hydrogen (secondary N) is 2. The van der Waals surface area contributed by atoms with Crippen LogP contribution in [0.25, 0.3) is 11.2 Å². The van der Waals surface area contributed by atoms with Gasteiger partial charge in [0.05, 0.1) is 18.4 Å². The first-order valence-corrected chi connectivity index (χ1v) is 12.0. The van der Waals surface area contributed by atoms with E-state index >= 15 is 0 Å². The molecule has 1 fully saturated rings. The molecule has 4 rings (SSSR count). The third-order valence-electron chi connectivity index (χ3n) is 6.07. The third kappa shape index (κ3) is 5.97. The minimum Gasteiger partial charge on any atom is -0.482 e. The Morgan fingerprint density at radius 2 is 1.92 bits per heavy atom. The second kappa shape index (κ2) is 10.7. The summed E-state index contributed by atoms with van der Waals surface area (Å²) in [5, 5.41) is 27.5. The van der Waals surface area contributed by atoms with Crippen molar-refractivity contribution < 1.29 is 29.3 Å². The molecule has 0 spiro atoms.